The van der Waals surface area contributed by atoms with Gasteiger partial charge in [0, 0.05) is 67.2 Å². The highest BCUT2D eigenvalue weighted by atomic mass is 19.4. The van der Waals surface area contributed by atoms with E-state index in [0.717, 1.165) is 84.5 Å². The molecule has 12 aromatic rings. The lowest BCUT2D eigenvalue weighted by Gasteiger charge is -2.18. The normalized spacial score (nSPS) is 11.8. The number of likely N-dealkylation sites (N-methyl/N-ethyl adjacent to an activating group) is 1. The van der Waals surface area contributed by atoms with Crippen molar-refractivity contribution in [3.05, 3.63) is 237 Å². The first-order chi connectivity index (χ1) is 51.3. The summed E-state index contributed by atoms with van der Waals surface area (Å²) in [5.74, 6) is -0.710. The number of carbonyl (C=O) groups excluding carboxylic acids is 2. The van der Waals surface area contributed by atoms with Crippen molar-refractivity contribution >= 4 is 17.9 Å². The second kappa shape index (κ2) is 32.3. The van der Waals surface area contributed by atoms with Crippen LogP contribution in [0.25, 0.3) is 102 Å². The Morgan fingerprint density at radius 2 is 0.879 bits per heavy atom. The highest BCUT2D eigenvalue weighted by molar-refractivity contribution is 5.81. The largest absolute Gasteiger partial charge is 0.480 e. The van der Waals surface area contributed by atoms with Gasteiger partial charge in [0.05, 0.1) is 44.0 Å². The molecule has 0 unspecified atom stereocenters. The number of carboxylic acids is 1. The summed E-state index contributed by atoms with van der Waals surface area (Å²) in [5.41, 5.74) is 12.0. The van der Waals surface area contributed by atoms with E-state index < -0.39 is 47.9 Å². The maximum absolute atomic E-state index is 14.4. The fourth-order valence-corrected chi connectivity index (χ4v) is 12.7. The van der Waals surface area contributed by atoms with Crippen molar-refractivity contribution in [1.82, 2.24) is 46.0 Å². The van der Waals surface area contributed by atoms with Gasteiger partial charge >= 0.3 is 30.3 Å². The van der Waals surface area contributed by atoms with Gasteiger partial charge in [0.2, 0.25) is 17.5 Å². The molecule has 0 saturated carbocycles. The number of methoxy groups -OCH3 is 2. The minimum Gasteiger partial charge on any atom is -0.480 e. The van der Waals surface area contributed by atoms with Crippen molar-refractivity contribution in [3.8, 4) is 113 Å². The molecule has 3 N–H and O–H groups in total. The molecule has 20 nitrogen and oxygen atoms in total. The van der Waals surface area contributed by atoms with Crippen LogP contribution in [-0.2, 0) is 69.1 Å². The number of carbonyl (C=O) groups is 3. The third kappa shape index (κ3) is 17.8. The van der Waals surface area contributed by atoms with Crippen LogP contribution in [-0.4, -0.2) is 99.2 Å². The minimum absolute atomic E-state index is 0.0548. The number of aliphatic carboxylic acids is 1. The van der Waals surface area contributed by atoms with Gasteiger partial charge in [0.1, 0.15) is 11.5 Å². The second-order valence-corrected chi connectivity index (χ2v) is 25.8. The lowest BCUT2D eigenvalue weighted by Crippen LogP contribution is -2.26. The molecule has 0 bridgehead atoms. The number of nitrogens with one attached hydrogen (secondary N) is 2. The molecule has 0 amide bonds. The summed E-state index contributed by atoms with van der Waals surface area (Å²) in [7, 11) is 4.55. The fraction of sp³-hybridized carbons (Fsp3) is 0.222. The molecule has 0 spiro atoms. The number of hydrogen-bond acceptors (Lipinski definition) is 19. The summed E-state index contributed by atoms with van der Waals surface area (Å²) in [6, 6.07) is 47.5. The molecule has 548 valence electrons. The third-order valence-electron chi connectivity index (χ3n) is 17.8. The number of aromatic nitrogens is 6. The molecular weight excluding hydrogens is 1390 g/mol. The average molecular weight is 1460 g/mol. The topological polar surface area (TPSA) is 252 Å². The molecule has 0 aliphatic carbocycles. The molecule has 0 saturated heterocycles. The molecule has 12 rings (SSSR count). The lowest BCUT2D eigenvalue weighted by atomic mass is 9.94. The Labute approximate surface area is 610 Å². The van der Waals surface area contributed by atoms with Crippen molar-refractivity contribution in [2.24, 2.45) is 0 Å². The summed E-state index contributed by atoms with van der Waals surface area (Å²) >= 11 is 0. The zero-order chi connectivity index (χ0) is 75.8. The maximum atomic E-state index is 14.4. The first-order valence-corrected chi connectivity index (χ1v) is 33.7. The first kappa shape index (κ1) is 74.9. The Balaban J connectivity index is 0.622. The Morgan fingerprint density at radius 3 is 1.40 bits per heavy atom. The van der Waals surface area contributed by atoms with Gasteiger partial charge in [-0.05, 0) is 197 Å². The molecule has 0 aliphatic rings. The van der Waals surface area contributed by atoms with Crippen molar-refractivity contribution in [2.45, 2.75) is 79.8 Å². The Hall–Kier alpha value is -11.8. The predicted molar refractivity (Wildman–Crippen MR) is 386 cm³/mol. The number of rotatable bonds is 27. The van der Waals surface area contributed by atoms with Crippen molar-refractivity contribution < 1.29 is 78.3 Å². The van der Waals surface area contributed by atoms with Crippen LogP contribution in [0.1, 0.15) is 66.8 Å². The van der Waals surface area contributed by atoms with Gasteiger partial charge in [-0.15, -0.1) is 0 Å². The zero-order valence-electron chi connectivity index (χ0n) is 59.3. The van der Waals surface area contributed by atoms with E-state index in [0.29, 0.717) is 58.2 Å². The number of benzene rings is 9. The Morgan fingerprint density at radius 1 is 0.439 bits per heavy atom. The molecule has 26 heteroatoms. The number of aryl methyl sites for hydroxylation is 5. The van der Waals surface area contributed by atoms with Gasteiger partial charge in [-0.1, -0.05) is 119 Å². The van der Waals surface area contributed by atoms with E-state index in [-0.39, 0.29) is 84.4 Å². The number of alkyl halides is 6. The Kier molecular flexibility index (Phi) is 22.6. The molecule has 3 aromatic heterocycles. The summed E-state index contributed by atoms with van der Waals surface area (Å²) < 4.78 is 125. The van der Waals surface area contributed by atoms with Gasteiger partial charge < -0.3 is 48.3 Å². The first-order valence-electron chi connectivity index (χ1n) is 33.7. The van der Waals surface area contributed by atoms with E-state index in [2.05, 4.69) is 36.1 Å². The molecule has 0 fully saturated rings. The van der Waals surface area contributed by atoms with Crippen molar-refractivity contribution in [1.29, 1.82) is 0 Å². The number of halogens is 6. The van der Waals surface area contributed by atoms with Gasteiger partial charge in [-0.3, -0.25) is 19.3 Å². The summed E-state index contributed by atoms with van der Waals surface area (Å²) in [6.07, 6.45) is -9.37. The second-order valence-electron chi connectivity index (χ2n) is 25.8. The number of carboxylic acid groups (broad SMARTS) is 1. The monoisotopic (exact) mass is 1460 g/mol. The molecule has 0 atom stereocenters. The standard InChI is InChI=1S/C81H71F6N9O11/c1-45-11-9-10-12-61(45)67-27-20-55(35-70(67)81(85,86)87)79-92-76(95-107-79)64-24-15-51(30-48(64)4)38-89-40-73(100)104-60-21-13-46(2)68(36-60)66-26-19-54(33-58(66)44-102-8)78-91-75(94-106-78)63-23-14-50(29-47(63)3)37-88-39-72(99)103-59-22-28-62(49(5)31-59)65-25-18-53(32-57(65)43-101-7)77-90-74(93-105-77)52-16-17-56(41-96(6)42-71(97)98)69(34-52)80(82,83)84/h9-36,88-89H,37-44H2,1-8H3,(H,97,98). The van der Waals surface area contributed by atoms with E-state index >= 15 is 0 Å². The smallest absolute Gasteiger partial charge is 0.417 e. The van der Waals surface area contributed by atoms with Gasteiger partial charge in [-0.25, -0.2) is 0 Å². The summed E-state index contributed by atoms with van der Waals surface area (Å²) in [5, 5.41) is 27.8. The van der Waals surface area contributed by atoms with Crippen LogP contribution in [0.4, 0.5) is 26.3 Å². The van der Waals surface area contributed by atoms with E-state index in [9.17, 15) is 40.7 Å². The van der Waals surface area contributed by atoms with Crippen LogP contribution in [0.5, 0.6) is 11.5 Å². The number of ether oxygens (including phenoxy) is 4. The number of hydrogen-bond donors (Lipinski definition) is 3. The number of nitrogens with zero attached hydrogens (tertiary/aromatic N) is 7. The quantitative estimate of drug-likeness (QED) is 0.0246. The van der Waals surface area contributed by atoms with Gasteiger partial charge in [-0.2, -0.15) is 41.3 Å². The maximum Gasteiger partial charge on any atom is 0.417 e. The van der Waals surface area contributed by atoms with Crippen molar-refractivity contribution in [3.63, 3.8) is 0 Å². The molecular formula is C81H71F6N9O11. The van der Waals surface area contributed by atoms with E-state index in [1.807, 2.05) is 94.4 Å². The molecule has 9 aromatic carbocycles. The van der Waals surface area contributed by atoms with Crippen LogP contribution in [0.3, 0.4) is 0 Å². The van der Waals surface area contributed by atoms with E-state index in [4.69, 9.17) is 42.6 Å². The number of esters is 2. The van der Waals surface area contributed by atoms with Gasteiger partial charge in [0.15, 0.2) is 0 Å². The average Bonchev–Trinajstić information content (AvgIpc) is 1.68. The van der Waals surface area contributed by atoms with Crippen molar-refractivity contribution in [2.75, 3.05) is 40.9 Å². The van der Waals surface area contributed by atoms with E-state index in [1.165, 1.54) is 36.2 Å². The molecule has 0 aliphatic heterocycles. The van der Waals surface area contributed by atoms with Crippen LogP contribution in [0.15, 0.2) is 183 Å². The van der Waals surface area contributed by atoms with Gasteiger partial charge in [0.25, 0.3) is 17.7 Å². The van der Waals surface area contributed by atoms with E-state index in [1.54, 1.807) is 87.9 Å². The van der Waals surface area contributed by atoms with Crippen LogP contribution in [0, 0.1) is 34.6 Å². The van der Waals surface area contributed by atoms with Crippen LogP contribution >= 0.6 is 0 Å². The SMILES string of the molecule is COCc1cc(-c2nc(-c3ccc(CN(C)CC(=O)O)c(C(F)(F)F)c3)no2)ccc1-c1ccc(OC(=O)CNCc2ccc(-c3noc(-c4ccc(-c5cc(OC(=O)CNCc6ccc(-c7noc(-c8ccc(-c9ccccc9C)c(C(F)(F)F)c8)n7)c(C)c6)ccc5C)c(COC)c4)n3)c(C)c2)cc1C. The summed E-state index contributed by atoms with van der Waals surface area (Å²) in [4.78, 5) is 52.5. The third-order valence-corrected chi connectivity index (χ3v) is 17.8. The molecule has 107 heavy (non-hydrogen) atoms. The molecule has 3 heterocycles. The minimum atomic E-state index is -4.73. The fourth-order valence-electron chi connectivity index (χ4n) is 12.7. The van der Waals surface area contributed by atoms with Crippen LogP contribution in [0.2, 0.25) is 0 Å². The molecule has 0 radical (unpaired) electrons. The lowest BCUT2D eigenvalue weighted by molar-refractivity contribution is -0.139. The predicted octanol–water partition coefficient (Wildman–Crippen LogP) is 16.6. The summed E-state index contributed by atoms with van der Waals surface area (Å²) in [6.45, 7) is 9.56. The Bertz CT molecular complexity index is 5300. The highest BCUT2D eigenvalue weighted by Gasteiger charge is 2.36. The zero-order valence-corrected chi connectivity index (χ0v) is 59.3. The van der Waals surface area contributed by atoms with Crippen LogP contribution < -0.4 is 20.1 Å². The highest BCUT2D eigenvalue weighted by Crippen LogP contribution is 2.43.